The van der Waals surface area contributed by atoms with E-state index in [1.165, 1.54) is 25.3 Å². The Kier molecular flexibility index (Phi) is 8.43. The van der Waals surface area contributed by atoms with Gasteiger partial charge in [0.2, 0.25) is 5.43 Å². The van der Waals surface area contributed by atoms with E-state index in [-0.39, 0.29) is 16.6 Å². The van der Waals surface area contributed by atoms with E-state index >= 15 is 0 Å². The predicted octanol–water partition coefficient (Wildman–Crippen LogP) is 6.92. The average Bonchev–Trinajstić information content (AvgIpc) is 2.99. The fraction of sp³-hybridized carbons (Fsp3) is 0.176. The Labute approximate surface area is 247 Å². The molecule has 43 heavy (non-hydrogen) atoms. The summed E-state index contributed by atoms with van der Waals surface area (Å²) < 4.78 is 47.0. The Morgan fingerprint density at radius 1 is 0.837 bits per heavy atom. The second-order valence-corrected chi connectivity index (χ2v) is 10.2. The molecule has 0 aliphatic rings. The Hall–Kier alpha value is -5.18. The fourth-order valence-corrected chi connectivity index (χ4v) is 4.89. The summed E-state index contributed by atoms with van der Waals surface area (Å²) in [5.41, 5.74) is 1.25. The number of pyridine rings is 1. The minimum absolute atomic E-state index is 0.00347. The molecule has 9 heteroatoms. The molecule has 5 rings (SSSR count). The third-order valence-corrected chi connectivity index (χ3v) is 6.93. The molecule has 7 nitrogen and oxygen atoms in total. The highest BCUT2D eigenvalue weighted by Gasteiger charge is 2.26. The van der Waals surface area contributed by atoms with Gasteiger partial charge in [0.25, 0.3) is 5.91 Å². The van der Waals surface area contributed by atoms with E-state index in [2.05, 4.69) is 0 Å². The van der Waals surface area contributed by atoms with Crippen LogP contribution in [0.25, 0.3) is 16.6 Å². The number of amides is 1. The van der Waals surface area contributed by atoms with Gasteiger partial charge in [-0.2, -0.15) is 0 Å². The van der Waals surface area contributed by atoms with Crippen molar-refractivity contribution in [2.24, 2.45) is 0 Å². The number of hydrogen-bond acceptors (Lipinski definition) is 5. The van der Waals surface area contributed by atoms with Crippen LogP contribution in [0.3, 0.4) is 0 Å². The monoisotopic (exact) mass is 584 g/mol. The number of benzene rings is 4. The van der Waals surface area contributed by atoms with E-state index in [0.29, 0.717) is 35.1 Å². The first kappa shape index (κ1) is 29.3. The molecule has 4 aromatic carbocycles. The van der Waals surface area contributed by atoms with Gasteiger partial charge in [-0.15, -0.1) is 0 Å². The van der Waals surface area contributed by atoms with E-state index in [0.717, 1.165) is 23.8 Å². The number of nitrogens with zero attached hydrogens (tertiary/aromatic N) is 2. The molecule has 0 aliphatic carbocycles. The van der Waals surface area contributed by atoms with Gasteiger partial charge in [0, 0.05) is 48.0 Å². The van der Waals surface area contributed by atoms with E-state index in [9.17, 15) is 18.4 Å². The summed E-state index contributed by atoms with van der Waals surface area (Å²) in [5.74, 6) is -0.890. The number of anilines is 1. The van der Waals surface area contributed by atoms with Crippen molar-refractivity contribution < 1.29 is 27.8 Å². The third-order valence-electron chi connectivity index (χ3n) is 6.93. The molecular weight excluding hydrogens is 554 g/mol. The molecule has 5 aromatic rings. The van der Waals surface area contributed by atoms with Crippen LogP contribution in [-0.2, 0) is 6.61 Å². The lowest BCUT2D eigenvalue weighted by atomic mass is 10.1. The van der Waals surface area contributed by atoms with Crippen LogP contribution in [0, 0.1) is 11.6 Å². The van der Waals surface area contributed by atoms with Crippen LogP contribution >= 0.6 is 0 Å². The molecule has 0 aliphatic heterocycles. The summed E-state index contributed by atoms with van der Waals surface area (Å²) in [6, 6.07) is 22.1. The topological polar surface area (TPSA) is 70.0 Å². The molecule has 1 aromatic heterocycles. The van der Waals surface area contributed by atoms with Gasteiger partial charge in [-0.05, 0) is 43.7 Å². The Morgan fingerprint density at radius 2 is 1.49 bits per heavy atom. The SMILES string of the molecule is COc1cc(OC)cc(-n2cc(C(=O)N(c3cc(F)cc(F)c3)C(C)C)c(=O)c3ccc(OCc4ccccc4)cc32)c1. The molecule has 0 spiro atoms. The van der Waals surface area contributed by atoms with Crippen molar-refractivity contribution in [3.63, 3.8) is 0 Å². The number of fused-ring (bicyclic) bond motifs is 1. The van der Waals surface area contributed by atoms with Crippen molar-refractivity contribution >= 4 is 22.5 Å². The van der Waals surface area contributed by atoms with E-state index in [1.807, 2.05) is 30.3 Å². The highest BCUT2D eigenvalue weighted by molar-refractivity contribution is 6.08. The summed E-state index contributed by atoms with van der Waals surface area (Å²) in [6.07, 6.45) is 1.42. The smallest absolute Gasteiger partial charge is 0.264 e. The fourth-order valence-electron chi connectivity index (χ4n) is 4.89. The van der Waals surface area contributed by atoms with Crippen molar-refractivity contribution in [2.75, 3.05) is 19.1 Å². The van der Waals surface area contributed by atoms with Crippen LogP contribution in [-0.4, -0.2) is 30.7 Å². The summed E-state index contributed by atoms with van der Waals surface area (Å²) >= 11 is 0. The average molecular weight is 585 g/mol. The molecule has 0 fully saturated rings. The minimum atomic E-state index is -0.837. The molecule has 0 saturated heterocycles. The second kappa shape index (κ2) is 12.4. The van der Waals surface area contributed by atoms with Crippen molar-refractivity contribution in [3.8, 4) is 22.9 Å². The normalized spacial score (nSPS) is 11.0. The van der Waals surface area contributed by atoms with Crippen molar-refractivity contribution in [1.82, 2.24) is 4.57 Å². The minimum Gasteiger partial charge on any atom is -0.497 e. The molecule has 0 atom stereocenters. The lowest BCUT2D eigenvalue weighted by Crippen LogP contribution is -2.40. The summed E-state index contributed by atoms with van der Waals surface area (Å²) in [4.78, 5) is 29.1. The maximum atomic E-state index is 14.2. The number of carbonyl (C=O) groups excluding carboxylic acids is 1. The molecule has 1 heterocycles. The first-order valence-electron chi connectivity index (χ1n) is 13.6. The number of halogens is 2. The Bertz CT molecular complexity index is 1810. The van der Waals surface area contributed by atoms with E-state index < -0.39 is 29.0 Å². The van der Waals surface area contributed by atoms with Gasteiger partial charge in [-0.1, -0.05) is 30.3 Å². The first-order valence-corrected chi connectivity index (χ1v) is 13.6. The Balaban J connectivity index is 1.70. The van der Waals surface area contributed by atoms with Gasteiger partial charge in [0.1, 0.15) is 41.1 Å². The molecule has 0 N–H and O–H groups in total. The van der Waals surface area contributed by atoms with Crippen molar-refractivity contribution in [1.29, 1.82) is 0 Å². The van der Waals surface area contributed by atoms with Gasteiger partial charge >= 0.3 is 0 Å². The van der Waals surface area contributed by atoms with Gasteiger partial charge in [0.05, 0.1) is 31.1 Å². The number of carbonyl (C=O) groups is 1. The number of rotatable bonds is 9. The largest absolute Gasteiger partial charge is 0.497 e. The highest BCUT2D eigenvalue weighted by atomic mass is 19.1. The lowest BCUT2D eigenvalue weighted by Gasteiger charge is -2.27. The number of ether oxygens (including phenoxy) is 3. The predicted molar refractivity (Wildman–Crippen MR) is 162 cm³/mol. The third kappa shape index (κ3) is 6.21. The molecule has 0 radical (unpaired) electrons. The molecule has 0 unspecified atom stereocenters. The summed E-state index contributed by atoms with van der Waals surface area (Å²) in [6.45, 7) is 3.71. The van der Waals surface area contributed by atoms with Gasteiger partial charge in [0.15, 0.2) is 0 Å². The summed E-state index contributed by atoms with van der Waals surface area (Å²) in [5, 5.41) is 0.244. The maximum absolute atomic E-state index is 14.2. The van der Waals surface area contributed by atoms with Crippen LogP contribution in [0.1, 0.15) is 29.8 Å². The van der Waals surface area contributed by atoms with Gasteiger partial charge in [-0.25, -0.2) is 8.78 Å². The number of aromatic nitrogens is 1. The Morgan fingerprint density at radius 3 is 2.09 bits per heavy atom. The van der Waals surface area contributed by atoms with Crippen LogP contribution in [0.5, 0.6) is 17.2 Å². The number of hydrogen-bond donors (Lipinski definition) is 0. The van der Waals surface area contributed by atoms with E-state index in [1.54, 1.807) is 54.8 Å². The van der Waals surface area contributed by atoms with Crippen LogP contribution in [0.15, 0.2) is 95.9 Å². The number of methoxy groups -OCH3 is 2. The first-order chi connectivity index (χ1) is 20.7. The van der Waals surface area contributed by atoms with Crippen LogP contribution < -0.4 is 24.5 Å². The van der Waals surface area contributed by atoms with Crippen LogP contribution in [0.2, 0.25) is 0 Å². The lowest BCUT2D eigenvalue weighted by molar-refractivity contribution is 0.0979. The zero-order chi connectivity index (χ0) is 30.7. The van der Waals surface area contributed by atoms with Crippen molar-refractivity contribution in [2.45, 2.75) is 26.5 Å². The molecule has 1 amide bonds. The standard InChI is InChI=1S/C34H30F2N2O5/c1-21(2)38(26-13-23(35)12-24(36)14-26)34(40)31-19-37(25-15-28(41-3)17-29(16-25)42-4)32-18-27(10-11-30(32)33(31)39)43-20-22-8-6-5-7-9-22/h5-19,21H,20H2,1-4H3. The molecular formula is C34H30F2N2O5. The quantitative estimate of drug-likeness (QED) is 0.188. The van der Waals surface area contributed by atoms with Crippen LogP contribution in [0.4, 0.5) is 14.5 Å². The maximum Gasteiger partial charge on any atom is 0.264 e. The molecule has 220 valence electrons. The zero-order valence-electron chi connectivity index (χ0n) is 24.1. The summed E-state index contributed by atoms with van der Waals surface area (Å²) in [7, 11) is 3.04. The molecule has 0 bridgehead atoms. The van der Waals surface area contributed by atoms with Gasteiger partial charge in [-0.3, -0.25) is 9.59 Å². The zero-order valence-corrected chi connectivity index (χ0v) is 24.1. The van der Waals surface area contributed by atoms with Crippen molar-refractivity contribution in [3.05, 3.63) is 124 Å². The molecule has 0 saturated carbocycles. The van der Waals surface area contributed by atoms with E-state index in [4.69, 9.17) is 14.2 Å². The van der Waals surface area contributed by atoms with Gasteiger partial charge < -0.3 is 23.7 Å². The highest BCUT2D eigenvalue weighted by Crippen LogP contribution is 2.30. The second-order valence-electron chi connectivity index (χ2n) is 10.2.